The van der Waals surface area contributed by atoms with Gasteiger partial charge in [0, 0.05) is 25.6 Å². The van der Waals surface area contributed by atoms with Crippen molar-refractivity contribution in [3.8, 4) is 5.75 Å². The molecular weight excluding hydrogens is 286 g/mol. The van der Waals surface area contributed by atoms with Gasteiger partial charge in [0.15, 0.2) is 0 Å². The van der Waals surface area contributed by atoms with Gasteiger partial charge < -0.3 is 14.4 Å². The van der Waals surface area contributed by atoms with Gasteiger partial charge >= 0.3 is 0 Å². The number of nitrogens with zero attached hydrogens (tertiary/aromatic N) is 1. The van der Waals surface area contributed by atoms with Crippen LogP contribution in [-0.2, 0) is 16.7 Å². The molecule has 1 aliphatic carbocycles. The third-order valence-electron chi connectivity index (χ3n) is 6.31. The van der Waals surface area contributed by atoms with E-state index in [1.165, 1.54) is 22.3 Å². The fourth-order valence-corrected chi connectivity index (χ4v) is 4.59. The van der Waals surface area contributed by atoms with Gasteiger partial charge in [0.2, 0.25) is 0 Å². The van der Waals surface area contributed by atoms with Gasteiger partial charge in [-0.3, -0.25) is 0 Å². The molecule has 0 amide bonds. The lowest BCUT2D eigenvalue weighted by atomic mass is 9.66. The number of ether oxygens (including phenoxy) is 2. The lowest BCUT2D eigenvalue weighted by Gasteiger charge is -2.41. The van der Waals surface area contributed by atoms with E-state index >= 15 is 0 Å². The first kappa shape index (κ1) is 15.2. The van der Waals surface area contributed by atoms with E-state index in [9.17, 15) is 0 Å². The maximum absolute atomic E-state index is 6.58. The van der Waals surface area contributed by atoms with E-state index < -0.39 is 0 Å². The molecule has 1 aromatic carbocycles. The average Bonchev–Trinajstić information content (AvgIpc) is 2.77. The number of aryl methyl sites for hydroxylation is 1. The summed E-state index contributed by atoms with van der Waals surface area (Å²) in [6.45, 7) is 8.66. The van der Waals surface area contributed by atoms with Crippen molar-refractivity contribution in [3.63, 3.8) is 0 Å². The summed E-state index contributed by atoms with van der Waals surface area (Å²) >= 11 is 0. The Morgan fingerprint density at radius 3 is 2.83 bits per heavy atom. The fraction of sp³-hybridized carbons (Fsp3) is 0.600. The van der Waals surface area contributed by atoms with Crippen molar-refractivity contribution in [2.45, 2.75) is 57.3 Å². The third-order valence-corrected chi connectivity index (χ3v) is 6.31. The van der Waals surface area contributed by atoms with Crippen molar-refractivity contribution in [1.29, 1.82) is 0 Å². The molecule has 4 rings (SSSR count). The van der Waals surface area contributed by atoms with Crippen molar-refractivity contribution in [3.05, 3.63) is 40.5 Å². The molecule has 3 heteroatoms. The molecule has 0 saturated carbocycles. The van der Waals surface area contributed by atoms with Crippen LogP contribution in [0.1, 0.15) is 42.0 Å². The van der Waals surface area contributed by atoms with Crippen LogP contribution in [0.4, 0.5) is 0 Å². The summed E-state index contributed by atoms with van der Waals surface area (Å²) in [6, 6.07) is 2.38. The zero-order valence-corrected chi connectivity index (χ0v) is 14.9. The van der Waals surface area contributed by atoms with Crippen LogP contribution in [0.2, 0.25) is 0 Å². The SMILES string of the molecule is COC1(C)C=C[C@@]23CCN(C)Cc4cc(C)c(C)c(c42)OC3C1. The molecule has 124 valence electrons. The molecule has 0 aromatic heterocycles. The van der Waals surface area contributed by atoms with E-state index in [-0.39, 0.29) is 17.1 Å². The first-order valence-corrected chi connectivity index (χ1v) is 8.63. The molecule has 0 N–H and O–H groups in total. The second-order valence-corrected chi connectivity index (χ2v) is 7.87. The molecule has 0 bridgehead atoms. The molecule has 2 unspecified atom stereocenters. The minimum atomic E-state index is -0.223. The minimum absolute atomic E-state index is 0.0198. The van der Waals surface area contributed by atoms with Crippen molar-refractivity contribution in [1.82, 2.24) is 4.90 Å². The number of hydrogen-bond acceptors (Lipinski definition) is 3. The Labute approximate surface area is 139 Å². The molecular formula is C20H27NO2. The van der Waals surface area contributed by atoms with E-state index in [1.54, 1.807) is 7.11 Å². The molecule has 0 saturated heterocycles. The van der Waals surface area contributed by atoms with Crippen LogP contribution in [0.5, 0.6) is 5.75 Å². The van der Waals surface area contributed by atoms with Gasteiger partial charge in [0.05, 0.1) is 11.0 Å². The second kappa shape index (κ2) is 4.84. The predicted molar refractivity (Wildman–Crippen MR) is 92.1 cm³/mol. The normalized spacial score (nSPS) is 35.4. The molecule has 2 heterocycles. The zero-order valence-electron chi connectivity index (χ0n) is 14.9. The largest absolute Gasteiger partial charge is 0.488 e. The lowest BCUT2D eigenvalue weighted by molar-refractivity contribution is -0.0100. The van der Waals surface area contributed by atoms with Crippen molar-refractivity contribution in [2.75, 3.05) is 20.7 Å². The summed E-state index contributed by atoms with van der Waals surface area (Å²) in [4.78, 5) is 2.44. The second-order valence-electron chi connectivity index (χ2n) is 7.87. The number of rotatable bonds is 1. The van der Waals surface area contributed by atoms with Crippen LogP contribution in [0.15, 0.2) is 18.2 Å². The highest BCUT2D eigenvalue weighted by atomic mass is 16.5. The highest BCUT2D eigenvalue weighted by Crippen LogP contribution is 2.55. The maximum atomic E-state index is 6.58. The van der Waals surface area contributed by atoms with E-state index in [0.29, 0.717) is 0 Å². The van der Waals surface area contributed by atoms with Gasteiger partial charge in [0.1, 0.15) is 11.9 Å². The van der Waals surface area contributed by atoms with E-state index in [4.69, 9.17) is 9.47 Å². The van der Waals surface area contributed by atoms with Crippen LogP contribution in [0, 0.1) is 13.8 Å². The number of benzene rings is 1. The Morgan fingerprint density at radius 2 is 2.09 bits per heavy atom. The molecule has 0 radical (unpaired) electrons. The van der Waals surface area contributed by atoms with Crippen LogP contribution < -0.4 is 4.74 Å². The number of methoxy groups -OCH3 is 1. The summed E-state index contributed by atoms with van der Waals surface area (Å²) in [5.41, 5.74) is 5.32. The number of hydrogen-bond donors (Lipinski definition) is 0. The van der Waals surface area contributed by atoms with Gasteiger partial charge in [-0.15, -0.1) is 0 Å². The summed E-state index contributed by atoms with van der Waals surface area (Å²) in [5.74, 6) is 1.14. The highest BCUT2D eigenvalue weighted by Gasteiger charge is 2.54. The molecule has 1 spiro atoms. The van der Waals surface area contributed by atoms with Gasteiger partial charge in [-0.25, -0.2) is 0 Å². The van der Waals surface area contributed by atoms with Crippen LogP contribution in [0.25, 0.3) is 0 Å². The van der Waals surface area contributed by atoms with Crippen molar-refractivity contribution >= 4 is 0 Å². The monoisotopic (exact) mass is 313 g/mol. The summed E-state index contributed by atoms with van der Waals surface area (Å²) in [7, 11) is 4.02. The Morgan fingerprint density at radius 1 is 1.30 bits per heavy atom. The molecule has 2 aliphatic heterocycles. The van der Waals surface area contributed by atoms with Crippen LogP contribution in [-0.4, -0.2) is 37.3 Å². The quantitative estimate of drug-likeness (QED) is 0.741. The average molecular weight is 313 g/mol. The molecule has 3 aliphatic rings. The molecule has 3 nitrogen and oxygen atoms in total. The van der Waals surface area contributed by atoms with E-state index in [2.05, 4.69) is 50.9 Å². The molecule has 3 atom stereocenters. The van der Waals surface area contributed by atoms with E-state index in [0.717, 1.165) is 31.7 Å². The first-order chi connectivity index (χ1) is 10.9. The van der Waals surface area contributed by atoms with Gasteiger partial charge in [-0.1, -0.05) is 18.2 Å². The summed E-state index contributed by atoms with van der Waals surface area (Å²) in [6.07, 6.45) is 6.88. The smallest absolute Gasteiger partial charge is 0.127 e. The first-order valence-electron chi connectivity index (χ1n) is 8.63. The third kappa shape index (κ3) is 2.03. The maximum Gasteiger partial charge on any atom is 0.127 e. The minimum Gasteiger partial charge on any atom is -0.488 e. The van der Waals surface area contributed by atoms with Crippen LogP contribution in [0.3, 0.4) is 0 Å². The standard InChI is InChI=1S/C20H27NO2/c1-13-10-15-12-21(4)9-8-20-7-6-19(3,22-5)11-16(20)23-18(14(13)2)17(15)20/h6-7,10,16H,8-9,11-12H2,1-5H3/t16?,19?,20-/m0/s1. The van der Waals surface area contributed by atoms with Gasteiger partial charge in [-0.05, 0) is 57.5 Å². The van der Waals surface area contributed by atoms with Gasteiger partial charge in [0.25, 0.3) is 0 Å². The zero-order chi connectivity index (χ0) is 16.4. The van der Waals surface area contributed by atoms with Crippen molar-refractivity contribution < 1.29 is 9.47 Å². The van der Waals surface area contributed by atoms with Gasteiger partial charge in [-0.2, -0.15) is 0 Å². The Bertz CT molecular complexity index is 695. The Kier molecular flexibility index (Phi) is 3.20. The molecule has 0 fully saturated rings. The Hall–Kier alpha value is -1.32. The lowest BCUT2D eigenvalue weighted by Crippen LogP contribution is -2.47. The highest BCUT2D eigenvalue weighted by molar-refractivity contribution is 5.60. The fourth-order valence-electron chi connectivity index (χ4n) is 4.59. The summed E-state index contributed by atoms with van der Waals surface area (Å²) < 4.78 is 12.3. The van der Waals surface area contributed by atoms with Crippen molar-refractivity contribution in [2.24, 2.45) is 0 Å². The molecule has 1 aromatic rings. The van der Waals surface area contributed by atoms with Crippen LogP contribution >= 0.6 is 0 Å². The topological polar surface area (TPSA) is 21.7 Å². The molecule has 23 heavy (non-hydrogen) atoms. The predicted octanol–water partition coefficient (Wildman–Crippen LogP) is 3.50. The van der Waals surface area contributed by atoms with E-state index in [1.807, 2.05) is 0 Å². The summed E-state index contributed by atoms with van der Waals surface area (Å²) in [5, 5.41) is 0. The Balaban J connectivity index is 1.94.